The van der Waals surface area contributed by atoms with Crippen LogP contribution in [-0.2, 0) is 14.8 Å². The van der Waals surface area contributed by atoms with E-state index in [2.05, 4.69) is 15.5 Å². The molecule has 2 atom stereocenters. The Balaban J connectivity index is 1.78. The van der Waals surface area contributed by atoms with Crippen LogP contribution in [0, 0.1) is 12.8 Å². The summed E-state index contributed by atoms with van der Waals surface area (Å²) in [6, 6.07) is -0.335. The van der Waals surface area contributed by atoms with Gasteiger partial charge in [-0.05, 0) is 32.6 Å². The van der Waals surface area contributed by atoms with Gasteiger partial charge in [-0.1, -0.05) is 12.1 Å². The van der Waals surface area contributed by atoms with Crippen LogP contribution in [0.25, 0.3) is 0 Å². The minimum atomic E-state index is -3.29. The normalized spacial score (nSPS) is 25.6. The third-order valence-electron chi connectivity index (χ3n) is 4.57. The maximum Gasteiger partial charge on any atom is 0.231 e. The molecule has 1 aromatic heterocycles. The smallest absolute Gasteiger partial charge is 0.231 e. The molecule has 134 valence electrons. The van der Waals surface area contributed by atoms with Crippen molar-refractivity contribution in [3.05, 3.63) is 11.7 Å². The number of carbonyl (C=O) groups excluding carboxylic acids is 1. The van der Waals surface area contributed by atoms with E-state index in [-0.39, 0.29) is 36.1 Å². The second kappa shape index (κ2) is 6.79. The summed E-state index contributed by atoms with van der Waals surface area (Å²) in [4.78, 5) is 16.5. The van der Waals surface area contributed by atoms with Crippen LogP contribution >= 0.6 is 0 Å². The number of piperidine rings is 1. The van der Waals surface area contributed by atoms with E-state index in [9.17, 15) is 13.2 Å². The van der Waals surface area contributed by atoms with Crippen LogP contribution in [0.4, 0.5) is 0 Å². The van der Waals surface area contributed by atoms with Crippen molar-refractivity contribution in [3.8, 4) is 0 Å². The largest absolute Gasteiger partial charge is 0.351 e. The van der Waals surface area contributed by atoms with Crippen molar-refractivity contribution in [2.75, 3.05) is 18.8 Å². The number of aryl methyl sites for hydroxylation is 1. The Labute approximate surface area is 142 Å². The highest BCUT2D eigenvalue weighted by Gasteiger charge is 2.40. The molecule has 1 aliphatic heterocycles. The molecule has 0 spiro atoms. The molecule has 0 aromatic carbocycles. The first-order chi connectivity index (χ1) is 11.4. The molecule has 2 aliphatic rings. The molecule has 2 fully saturated rings. The SMILES string of the molecule is CCCS(=O)(=O)N1CC[C@H](c2nc(C)no2)[C@H](NC(=O)C2CC2)C1. The first kappa shape index (κ1) is 17.3. The number of hydrogen-bond acceptors (Lipinski definition) is 6. The standard InChI is InChI=1S/C15H24N4O4S/c1-3-8-24(21,22)19-7-6-12(15-16-10(2)18-23-15)13(9-19)17-14(20)11-4-5-11/h11-13H,3-9H2,1-2H3,(H,17,20)/t12-,13+/m0/s1. The zero-order chi connectivity index (χ0) is 17.3. The zero-order valence-electron chi connectivity index (χ0n) is 14.1. The third kappa shape index (κ3) is 3.77. The van der Waals surface area contributed by atoms with Crippen LogP contribution in [0.1, 0.15) is 50.2 Å². The first-order valence-electron chi connectivity index (χ1n) is 8.49. The van der Waals surface area contributed by atoms with E-state index in [4.69, 9.17) is 4.52 Å². The van der Waals surface area contributed by atoms with Gasteiger partial charge in [0.05, 0.1) is 17.7 Å². The molecule has 1 N–H and O–H groups in total. The van der Waals surface area contributed by atoms with Crippen LogP contribution in [0.2, 0.25) is 0 Å². The third-order valence-corrected chi connectivity index (χ3v) is 6.61. The fraction of sp³-hybridized carbons (Fsp3) is 0.800. The summed E-state index contributed by atoms with van der Waals surface area (Å²) in [6.07, 6.45) is 2.94. The summed E-state index contributed by atoms with van der Waals surface area (Å²) in [5.41, 5.74) is 0. The molecule has 24 heavy (non-hydrogen) atoms. The van der Waals surface area contributed by atoms with Gasteiger partial charge in [0, 0.05) is 19.0 Å². The van der Waals surface area contributed by atoms with Gasteiger partial charge in [0.2, 0.25) is 21.8 Å². The highest BCUT2D eigenvalue weighted by atomic mass is 32.2. The average molecular weight is 356 g/mol. The van der Waals surface area contributed by atoms with Gasteiger partial charge in [0.25, 0.3) is 0 Å². The van der Waals surface area contributed by atoms with Crippen LogP contribution in [0.3, 0.4) is 0 Å². The quantitative estimate of drug-likeness (QED) is 0.808. The van der Waals surface area contributed by atoms with Crippen molar-refractivity contribution in [3.63, 3.8) is 0 Å². The van der Waals surface area contributed by atoms with Gasteiger partial charge >= 0.3 is 0 Å². The summed E-state index contributed by atoms with van der Waals surface area (Å²) in [5.74, 6) is 1.05. The first-order valence-corrected chi connectivity index (χ1v) is 10.1. The summed E-state index contributed by atoms with van der Waals surface area (Å²) in [7, 11) is -3.29. The number of rotatable bonds is 6. The average Bonchev–Trinajstić information content (AvgIpc) is 3.29. The Bertz CT molecular complexity index is 698. The van der Waals surface area contributed by atoms with Gasteiger partial charge < -0.3 is 9.84 Å². The molecule has 1 saturated carbocycles. The van der Waals surface area contributed by atoms with Crippen molar-refractivity contribution in [1.82, 2.24) is 19.8 Å². The molecular weight excluding hydrogens is 332 g/mol. The van der Waals surface area contributed by atoms with E-state index in [0.29, 0.717) is 31.1 Å². The fourth-order valence-corrected chi connectivity index (χ4v) is 4.66. The summed E-state index contributed by atoms with van der Waals surface area (Å²) >= 11 is 0. The topological polar surface area (TPSA) is 105 Å². The molecule has 1 aliphatic carbocycles. The van der Waals surface area contributed by atoms with E-state index in [1.807, 2.05) is 6.92 Å². The minimum Gasteiger partial charge on any atom is -0.351 e. The number of sulfonamides is 1. The Morgan fingerprint density at radius 1 is 1.38 bits per heavy atom. The van der Waals surface area contributed by atoms with Crippen LogP contribution in [-0.4, -0.2) is 53.7 Å². The molecular formula is C15H24N4O4S. The highest BCUT2D eigenvalue weighted by molar-refractivity contribution is 7.89. The molecule has 1 aromatic rings. The number of amides is 1. The van der Waals surface area contributed by atoms with E-state index in [0.717, 1.165) is 12.8 Å². The van der Waals surface area contributed by atoms with Gasteiger partial charge in [-0.2, -0.15) is 9.29 Å². The van der Waals surface area contributed by atoms with Gasteiger partial charge in [0.15, 0.2) is 5.82 Å². The lowest BCUT2D eigenvalue weighted by molar-refractivity contribution is -0.123. The van der Waals surface area contributed by atoms with Crippen LogP contribution < -0.4 is 5.32 Å². The Hall–Kier alpha value is -1.48. The van der Waals surface area contributed by atoms with E-state index >= 15 is 0 Å². The Kier molecular flexibility index (Phi) is 4.91. The van der Waals surface area contributed by atoms with Crippen molar-refractivity contribution >= 4 is 15.9 Å². The van der Waals surface area contributed by atoms with Crippen LogP contribution in [0.15, 0.2) is 4.52 Å². The van der Waals surface area contributed by atoms with Crippen molar-refractivity contribution in [1.29, 1.82) is 0 Å². The lowest BCUT2D eigenvalue weighted by Crippen LogP contribution is -2.53. The predicted octanol–water partition coefficient (Wildman–Crippen LogP) is 0.802. The predicted molar refractivity (Wildman–Crippen MR) is 86.7 cm³/mol. The van der Waals surface area contributed by atoms with Crippen LogP contribution in [0.5, 0.6) is 0 Å². The second-order valence-corrected chi connectivity index (χ2v) is 8.73. The van der Waals surface area contributed by atoms with E-state index < -0.39 is 10.0 Å². The Morgan fingerprint density at radius 3 is 2.71 bits per heavy atom. The maximum atomic E-state index is 12.4. The molecule has 3 rings (SSSR count). The molecule has 8 nitrogen and oxygen atoms in total. The van der Waals surface area contributed by atoms with E-state index in [1.165, 1.54) is 4.31 Å². The van der Waals surface area contributed by atoms with Gasteiger partial charge in [-0.25, -0.2) is 8.42 Å². The van der Waals surface area contributed by atoms with Gasteiger partial charge in [-0.15, -0.1) is 0 Å². The zero-order valence-corrected chi connectivity index (χ0v) is 14.9. The molecule has 2 heterocycles. The lowest BCUT2D eigenvalue weighted by Gasteiger charge is -2.36. The monoisotopic (exact) mass is 356 g/mol. The van der Waals surface area contributed by atoms with Crippen molar-refractivity contribution in [2.24, 2.45) is 5.92 Å². The summed E-state index contributed by atoms with van der Waals surface area (Å²) in [5, 5.41) is 6.83. The number of carbonyl (C=O) groups is 1. The molecule has 1 amide bonds. The number of nitrogens with one attached hydrogen (secondary N) is 1. The fourth-order valence-electron chi connectivity index (χ4n) is 3.11. The highest BCUT2D eigenvalue weighted by Crippen LogP contribution is 2.32. The number of nitrogens with zero attached hydrogens (tertiary/aromatic N) is 3. The number of hydrogen-bond donors (Lipinski definition) is 1. The number of aromatic nitrogens is 2. The molecule has 0 radical (unpaired) electrons. The molecule has 0 bridgehead atoms. The maximum absolute atomic E-state index is 12.4. The molecule has 0 unspecified atom stereocenters. The Morgan fingerprint density at radius 2 is 2.12 bits per heavy atom. The molecule has 1 saturated heterocycles. The van der Waals surface area contributed by atoms with Gasteiger partial charge in [0.1, 0.15) is 0 Å². The molecule has 9 heteroatoms. The van der Waals surface area contributed by atoms with Gasteiger partial charge in [-0.3, -0.25) is 4.79 Å². The lowest BCUT2D eigenvalue weighted by atomic mass is 9.92. The van der Waals surface area contributed by atoms with E-state index in [1.54, 1.807) is 6.92 Å². The second-order valence-electron chi connectivity index (χ2n) is 6.64. The summed E-state index contributed by atoms with van der Waals surface area (Å²) in [6.45, 7) is 4.25. The van der Waals surface area contributed by atoms with Crippen molar-refractivity contribution in [2.45, 2.75) is 51.5 Å². The summed E-state index contributed by atoms with van der Waals surface area (Å²) < 4.78 is 31.5. The van der Waals surface area contributed by atoms with Crippen molar-refractivity contribution < 1.29 is 17.7 Å². The minimum absolute atomic E-state index is 0.00373.